The molecule has 1 atom stereocenters. The molecule has 0 saturated carbocycles. The Morgan fingerprint density at radius 2 is 2.33 bits per heavy atom. The van der Waals surface area contributed by atoms with Crippen LogP contribution in [-0.4, -0.2) is 17.6 Å². The highest BCUT2D eigenvalue weighted by molar-refractivity contribution is 6.33. The summed E-state index contributed by atoms with van der Waals surface area (Å²) in [7, 11) is 0. The van der Waals surface area contributed by atoms with Crippen molar-refractivity contribution in [3.63, 3.8) is 0 Å². The summed E-state index contributed by atoms with van der Waals surface area (Å²) < 4.78 is 0. The standard InChI is InChI=1S/C11H12ClNO2/c12-9-5-1-3-7-8(11(14)15)4-2-6-13-10(7)9/h1,3,5,8,13H,2,4,6H2,(H,14,15). The molecule has 1 aromatic carbocycles. The van der Waals surface area contributed by atoms with Crippen LogP contribution < -0.4 is 5.32 Å². The molecule has 80 valence electrons. The first-order valence-electron chi connectivity index (χ1n) is 4.95. The molecule has 4 heteroatoms. The Morgan fingerprint density at radius 1 is 1.53 bits per heavy atom. The van der Waals surface area contributed by atoms with Crippen LogP contribution in [0.1, 0.15) is 24.3 Å². The van der Waals surface area contributed by atoms with Crippen molar-refractivity contribution in [3.05, 3.63) is 28.8 Å². The maximum absolute atomic E-state index is 11.1. The van der Waals surface area contributed by atoms with Crippen molar-refractivity contribution in [2.75, 3.05) is 11.9 Å². The predicted molar refractivity (Wildman–Crippen MR) is 59.6 cm³/mol. The van der Waals surface area contributed by atoms with Crippen LogP contribution >= 0.6 is 11.6 Å². The molecule has 1 aliphatic rings. The molecule has 1 heterocycles. The number of benzene rings is 1. The molecular formula is C11H12ClNO2. The van der Waals surface area contributed by atoms with E-state index < -0.39 is 11.9 Å². The van der Waals surface area contributed by atoms with Crippen molar-refractivity contribution in [3.8, 4) is 0 Å². The number of carboxylic acid groups (broad SMARTS) is 1. The highest BCUT2D eigenvalue weighted by Crippen LogP contribution is 2.35. The second-order valence-electron chi connectivity index (χ2n) is 3.66. The second kappa shape index (κ2) is 4.11. The molecular weight excluding hydrogens is 214 g/mol. The van der Waals surface area contributed by atoms with E-state index in [9.17, 15) is 4.79 Å². The number of hydrogen-bond acceptors (Lipinski definition) is 2. The van der Waals surface area contributed by atoms with E-state index in [0.717, 1.165) is 24.2 Å². The Labute approximate surface area is 93.1 Å². The first kappa shape index (κ1) is 10.3. The topological polar surface area (TPSA) is 49.3 Å². The fourth-order valence-electron chi connectivity index (χ4n) is 1.95. The van der Waals surface area contributed by atoms with Crippen LogP contribution in [0.2, 0.25) is 5.02 Å². The highest BCUT2D eigenvalue weighted by atomic mass is 35.5. The van der Waals surface area contributed by atoms with Crippen LogP contribution in [0.25, 0.3) is 0 Å². The number of nitrogens with one attached hydrogen (secondary N) is 1. The van der Waals surface area contributed by atoms with Crippen LogP contribution in [0.15, 0.2) is 18.2 Å². The minimum absolute atomic E-state index is 0.436. The molecule has 0 radical (unpaired) electrons. The van der Waals surface area contributed by atoms with Crippen molar-refractivity contribution >= 4 is 23.3 Å². The Hall–Kier alpha value is -1.22. The Morgan fingerprint density at radius 3 is 3.07 bits per heavy atom. The Kier molecular flexibility index (Phi) is 2.82. The maximum Gasteiger partial charge on any atom is 0.311 e. The molecule has 2 N–H and O–H groups in total. The summed E-state index contributed by atoms with van der Waals surface area (Å²) in [5.74, 6) is -1.21. The molecule has 0 fully saturated rings. The Bertz CT molecular complexity index is 392. The average Bonchev–Trinajstić information content (AvgIpc) is 2.40. The molecule has 0 saturated heterocycles. The summed E-state index contributed by atoms with van der Waals surface area (Å²) in [6.45, 7) is 0.778. The van der Waals surface area contributed by atoms with E-state index in [-0.39, 0.29) is 0 Å². The van der Waals surface area contributed by atoms with Crippen molar-refractivity contribution < 1.29 is 9.90 Å². The lowest BCUT2D eigenvalue weighted by molar-refractivity contribution is -0.138. The van der Waals surface area contributed by atoms with Gasteiger partial charge in [-0.3, -0.25) is 4.79 Å². The third kappa shape index (κ3) is 1.92. The fraction of sp³-hybridized carbons (Fsp3) is 0.364. The van der Waals surface area contributed by atoms with Crippen molar-refractivity contribution in [2.24, 2.45) is 0 Å². The number of fused-ring (bicyclic) bond motifs is 1. The van der Waals surface area contributed by atoms with Gasteiger partial charge in [-0.05, 0) is 24.5 Å². The summed E-state index contributed by atoms with van der Waals surface area (Å²) >= 11 is 6.03. The highest BCUT2D eigenvalue weighted by Gasteiger charge is 2.25. The number of rotatable bonds is 1. The average molecular weight is 226 g/mol. The van der Waals surface area contributed by atoms with E-state index in [1.165, 1.54) is 0 Å². The summed E-state index contributed by atoms with van der Waals surface area (Å²) in [6.07, 6.45) is 1.51. The minimum atomic E-state index is -0.776. The van der Waals surface area contributed by atoms with Crippen molar-refractivity contribution in [1.29, 1.82) is 0 Å². The van der Waals surface area contributed by atoms with Gasteiger partial charge in [0.1, 0.15) is 0 Å². The SMILES string of the molecule is O=C(O)C1CCCNc2c(Cl)cccc21. The van der Waals surface area contributed by atoms with Gasteiger partial charge in [-0.25, -0.2) is 0 Å². The van der Waals surface area contributed by atoms with Gasteiger partial charge in [-0.1, -0.05) is 23.7 Å². The lowest BCUT2D eigenvalue weighted by Crippen LogP contribution is -2.11. The lowest BCUT2D eigenvalue weighted by Gasteiger charge is -2.13. The lowest BCUT2D eigenvalue weighted by atomic mass is 9.94. The van der Waals surface area contributed by atoms with Gasteiger partial charge >= 0.3 is 5.97 Å². The molecule has 1 aliphatic heterocycles. The van der Waals surface area contributed by atoms with Crippen molar-refractivity contribution in [1.82, 2.24) is 0 Å². The molecule has 0 aliphatic carbocycles. The van der Waals surface area contributed by atoms with E-state index in [1.807, 2.05) is 6.07 Å². The quantitative estimate of drug-likeness (QED) is 0.773. The van der Waals surface area contributed by atoms with Gasteiger partial charge in [0.2, 0.25) is 0 Å². The molecule has 0 aromatic heterocycles. The van der Waals surface area contributed by atoms with Gasteiger partial charge in [-0.15, -0.1) is 0 Å². The smallest absolute Gasteiger partial charge is 0.311 e. The van der Waals surface area contributed by atoms with Crippen LogP contribution in [-0.2, 0) is 4.79 Å². The van der Waals surface area contributed by atoms with Crippen LogP contribution in [0.3, 0.4) is 0 Å². The van der Waals surface area contributed by atoms with E-state index in [1.54, 1.807) is 12.1 Å². The number of para-hydroxylation sites is 1. The summed E-state index contributed by atoms with van der Waals surface area (Å²) in [5.41, 5.74) is 1.58. The molecule has 0 bridgehead atoms. The molecule has 3 nitrogen and oxygen atoms in total. The molecule has 1 aromatic rings. The molecule has 2 rings (SSSR count). The van der Waals surface area contributed by atoms with E-state index in [0.29, 0.717) is 11.4 Å². The van der Waals surface area contributed by atoms with Crippen LogP contribution in [0, 0.1) is 0 Å². The third-order valence-electron chi connectivity index (χ3n) is 2.69. The van der Waals surface area contributed by atoms with Gasteiger partial charge in [0.15, 0.2) is 0 Å². The predicted octanol–water partition coefficient (Wildman–Crippen LogP) is 2.71. The zero-order valence-corrected chi connectivity index (χ0v) is 8.92. The fourth-order valence-corrected chi connectivity index (χ4v) is 2.20. The molecule has 15 heavy (non-hydrogen) atoms. The van der Waals surface area contributed by atoms with Gasteiger partial charge in [0, 0.05) is 6.54 Å². The maximum atomic E-state index is 11.1. The number of halogens is 1. The first-order chi connectivity index (χ1) is 7.20. The molecule has 0 amide bonds. The van der Waals surface area contributed by atoms with Gasteiger partial charge in [0.05, 0.1) is 16.6 Å². The largest absolute Gasteiger partial charge is 0.481 e. The van der Waals surface area contributed by atoms with E-state index in [4.69, 9.17) is 16.7 Å². The number of carboxylic acids is 1. The zero-order valence-electron chi connectivity index (χ0n) is 8.16. The van der Waals surface area contributed by atoms with Gasteiger partial charge in [0.25, 0.3) is 0 Å². The monoisotopic (exact) mass is 225 g/mol. The van der Waals surface area contributed by atoms with Crippen molar-refractivity contribution in [2.45, 2.75) is 18.8 Å². The summed E-state index contributed by atoms with van der Waals surface area (Å²) in [4.78, 5) is 11.1. The molecule has 0 spiro atoms. The summed E-state index contributed by atoms with van der Waals surface area (Å²) in [6, 6.07) is 5.40. The minimum Gasteiger partial charge on any atom is -0.481 e. The Balaban J connectivity index is 2.49. The van der Waals surface area contributed by atoms with E-state index in [2.05, 4.69) is 5.32 Å². The normalized spacial score (nSPS) is 19.9. The van der Waals surface area contributed by atoms with Gasteiger partial charge < -0.3 is 10.4 Å². The van der Waals surface area contributed by atoms with Crippen LogP contribution in [0.4, 0.5) is 5.69 Å². The third-order valence-corrected chi connectivity index (χ3v) is 3.01. The zero-order chi connectivity index (χ0) is 10.8. The van der Waals surface area contributed by atoms with Gasteiger partial charge in [-0.2, -0.15) is 0 Å². The number of anilines is 1. The second-order valence-corrected chi connectivity index (χ2v) is 4.07. The summed E-state index contributed by atoms with van der Waals surface area (Å²) in [5, 5.41) is 12.9. The van der Waals surface area contributed by atoms with E-state index >= 15 is 0 Å². The molecule has 1 unspecified atom stereocenters. The van der Waals surface area contributed by atoms with Crippen LogP contribution in [0.5, 0.6) is 0 Å². The first-order valence-corrected chi connectivity index (χ1v) is 5.33. The number of carbonyl (C=O) groups is 1. The number of aliphatic carboxylic acids is 1. The number of hydrogen-bond donors (Lipinski definition) is 2.